The molecule has 0 fully saturated rings. The zero-order valence-corrected chi connectivity index (χ0v) is 30.4. The largest absolute Gasteiger partial charge is 0.313 e. The lowest BCUT2D eigenvalue weighted by atomic mass is 10.0. The molecule has 5 aromatic rings. The summed E-state index contributed by atoms with van der Waals surface area (Å²) in [7, 11) is -3.69. The normalized spacial score (nSPS) is 13.7. The van der Waals surface area contributed by atoms with Gasteiger partial charge in [-0.1, -0.05) is 70.2 Å². The van der Waals surface area contributed by atoms with Gasteiger partial charge in [0.25, 0.3) is 5.91 Å². The molecule has 6 rings (SSSR count). The Kier molecular flexibility index (Phi) is 11.2. The van der Waals surface area contributed by atoms with E-state index in [1.165, 1.54) is 16.0 Å². The number of fused-ring (bicyclic) bond motifs is 2. The number of benzene rings is 3. The maximum Gasteiger partial charge on any atom is 0.256 e. The van der Waals surface area contributed by atoms with Crippen LogP contribution in [-0.2, 0) is 29.5 Å². The van der Waals surface area contributed by atoms with Gasteiger partial charge in [-0.15, -0.1) is 35.1 Å². The number of hydrogen-bond acceptors (Lipinski definition) is 7. The van der Waals surface area contributed by atoms with Crippen LogP contribution in [0.4, 0.5) is 5.00 Å². The molecule has 7 nitrogen and oxygen atoms in total. The summed E-state index contributed by atoms with van der Waals surface area (Å²) < 4.78 is 29.7. The SMILES string of the molecule is CC(C)CN(CC(C)C)S(=O)(=O)c1ccc(C(=O)Nc2sc3c(c2-c2nc4ccccc4s2)CCN(Cc2ccccc2)C3)cc1.Cl. The van der Waals surface area contributed by atoms with Gasteiger partial charge in [0, 0.05) is 48.7 Å². The number of nitrogens with one attached hydrogen (secondary N) is 1. The number of thiophene rings is 1. The van der Waals surface area contributed by atoms with Gasteiger partial charge in [-0.3, -0.25) is 9.69 Å². The number of para-hydroxylation sites is 1. The Labute approximate surface area is 292 Å². The van der Waals surface area contributed by atoms with E-state index in [0.717, 1.165) is 51.8 Å². The van der Waals surface area contributed by atoms with E-state index in [-0.39, 0.29) is 35.0 Å². The molecule has 0 aliphatic carbocycles. The highest BCUT2D eigenvalue weighted by Crippen LogP contribution is 2.46. The summed E-state index contributed by atoms with van der Waals surface area (Å²) >= 11 is 3.26. The highest BCUT2D eigenvalue weighted by Gasteiger charge is 2.29. The number of halogens is 1. The van der Waals surface area contributed by atoms with E-state index in [9.17, 15) is 13.2 Å². The van der Waals surface area contributed by atoms with Crippen molar-refractivity contribution in [3.8, 4) is 10.6 Å². The van der Waals surface area contributed by atoms with E-state index in [2.05, 4.69) is 40.5 Å². The lowest BCUT2D eigenvalue weighted by molar-refractivity contribution is 0.102. The summed E-state index contributed by atoms with van der Waals surface area (Å²) in [5.41, 5.74) is 4.89. The molecular formula is C36H41ClN4O3S3. The first kappa shape index (κ1) is 35.2. The Morgan fingerprint density at radius 2 is 1.57 bits per heavy atom. The van der Waals surface area contributed by atoms with Crippen LogP contribution in [0.25, 0.3) is 20.8 Å². The molecule has 2 aromatic heterocycles. The first-order chi connectivity index (χ1) is 22.1. The second-order valence-corrected chi connectivity index (χ2v) is 16.8. The summed E-state index contributed by atoms with van der Waals surface area (Å²) in [5, 5.41) is 4.88. The van der Waals surface area contributed by atoms with Crippen molar-refractivity contribution < 1.29 is 13.2 Å². The highest BCUT2D eigenvalue weighted by molar-refractivity contribution is 7.89. The molecule has 0 spiro atoms. The number of sulfonamides is 1. The van der Waals surface area contributed by atoms with Crippen LogP contribution < -0.4 is 5.32 Å². The maximum atomic E-state index is 13.7. The summed E-state index contributed by atoms with van der Waals surface area (Å²) in [6.07, 6.45) is 0.871. The van der Waals surface area contributed by atoms with Gasteiger partial charge in [0.15, 0.2) is 0 Å². The Balaban J connectivity index is 0.00000433. The molecule has 47 heavy (non-hydrogen) atoms. The fraction of sp³-hybridized carbons (Fsp3) is 0.333. The molecule has 0 unspecified atom stereocenters. The Morgan fingerprint density at radius 1 is 0.915 bits per heavy atom. The third-order valence-corrected chi connectivity index (χ3v) is 12.0. The first-order valence-electron chi connectivity index (χ1n) is 15.8. The van der Waals surface area contributed by atoms with Gasteiger partial charge in [-0.25, -0.2) is 13.4 Å². The van der Waals surface area contributed by atoms with E-state index in [0.29, 0.717) is 18.7 Å². The van der Waals surface area contributed by atoms with Gasteiger partial charge in [0.2, 0.25) is 10.0 Å². The van der Waals surface area contributed by atoms with Gasteiger partial charge in [-0.2, -0.15) is 4.31 Å². The van der Waals surface area contributed by atoms with Crippen LogP contribution in [-0.4, -0.2) is 48.1 Å². The molecule has 1 aliphatic rings. The number of rotatable bonds is 11. The van der Waals surface area contributed by atoms with Gasteiger partial charge in [0.05, 0.1) is 15.1 Å². The van der Waals surface area contributed by atoms with Crippen molar-refractivity contribution in [1.29, 1.82) is 0 Å². The van der Waals surface area contributed by atoms with Gasteiger partial charge >= 0.3 is 0 Å². The molecular weight excluding hydrogens is 668 g/mol. The molecule has 0 saturated carbocycles. The monoisotopic (exact) mass is 708 g/mol. The molecule has 0 atom stereocenters. The van der Waals surface area contributed by atoms with Crippen LogP contribution in [0.1, 0.15) is 54.1 Å². The average molecular weight is 709 g/mol. The van der Waals surface area contributed by atoms with Crippen LogP contribution in [0.3, 0.4) is 0 Å². The quantitative estimate of drug-likeness (QED) is 0.149. The van der Waals surface area contributed by atoms with Crippen molar-refractivity contribution in [2.45, 2.75) is 52.1 Å². The minimum absolute atomic E-state index is 0. The Morgan fingerprint density at radius 3 is 2.23 bits per heavy atom. The van der Waals surface area contributed by atoms with Crippen LogP contribution in [0, 0.1) is 11.8 Å². The zero-order chi connectivity index (χ0) is 32.4. The number of nitrogens with zero attached hydrogens (tertiary/aromatic N) is 3. The topological polar surface area (TPSA) is 82.6 Å². The van der Waals surface area contributed by atoms with Crippen molar-refractivity contribution in [3.05, 3.63) is 100 Å². The predicted molar refractivity (Wildman–Crippen MR) is 197 cm³/mol. The minimum Gasteiger partial charge on any atom is -0.313 e. The fourth-order valence-electron chi connectivity index (χ4n) is 5.91. The van der Waals surface area contributed by atoms with E-state index in [1.807, 2.05) is 52.0 Å². The smallest absolute Gasteiger partial charge is 0.256 e. The summed E-state index contributed by atoms with van der Waals surface area (Å²) in [4.78, 5) is 22.5. The van der Waals surface area contributed by atoms with Crippen molar-refractivity contribution >= 4 is 66.2 Å². The zero-order valence-electron chi connectivity index (χ0n) is 27.1. The standard InChI is InChI=1S/C36H40N4O3S3.ClH/c1-24(2)20-40(21-25(3)4)46(42,43)28-16-14-27(15-17-28)34(41)38-36-33(35-37-30-12-8-9-13-31(30)44-35)29-18-19-39(23-32(29)45-36)22-26-10-6-5-7-11-26;/h5-17,24-25H,18-23H2,1-4H3,(H,38,41);1H. The maximum absolute atomic E-state index is 13.7. The van der Waals surface area contributed by atoms with E-state index in [1.54, 1.807) is 51.2 Å². The second-order valence-electron chi connectivity index (χ2n) is 12.7. The Bertz CT molecular complexity index is 1890. The molecule has 1 aliphatic heterocycles. The number of carbonyl (C=O) groups is 1. The molecule has 3 aromatic carbocycles. The van der Waals surface area contributed by atoms with Crippen LogP contribution in [0.2, 0.25) is 0 Å². The lowest BCUT2D eigenvalue weighted by Crippen LogP contribution is -2.37. The van der Waals surface area contributed by atoms with Gasteiger partial charge in [0.1, 0.15) is 10.0 Å². The van der Waals surface area contributed by atoms with Crippen LogP contribution >= 0.6 is 35.1 Å². The summed E-state index contributed by atoms with van der Waals surface area (Å²) in [6.45, 7) is 11.6. The number of anilines is 1. The number of amides is 1. The third-order valence-electron chi connectivity index (χ3n) is 8.01. The highest BCUT2D eigenvalue weighted by atomic mass is 35.5. The average Bonchev–Trinajstić information content (AvgIpc) is 3.61. The van der Waals surface area contributed by atoms with Crippen LogP contribution in [0.15, 0.2) is 83.8 Å². The molecule has 0 bridgehead atoms. The van der Waals surface area contributed by atoms with E-state index < -0.39 is 10.0 Å². The van der Waals surface area contributed by atoms with Crippen molar-refractivity contribution in [2.75, 3.05) is 25.0 Å². The molecule has 248 valence electrons. The molecule has 0 saturated heterocycles. The molecule has 11 heteroatoms. The second kappa shape index (κ2) is 15.0. The van der Waals surface area contributed by atoms with E-state index >= 15 is 0 Å². The summed E-state index contributed by atoms with van der Waals surface area (Å²) in [6, 6.07) is 24.9. The van der Waals surface area contributed by atoms with Gasteiger partial charge in [-0.05, 0) is 65.8 Å². The molecule has 3 heterocycles. The molecule has 1 N–H and O–H groups in total. The van der Waals surface area contributed by atoms with Crippen molar-refractivity contribution in [1.82, 2.24) is 14.2 Å². The lowest BCUT2D eigenvalue weighted by Gasteiger charge is -2.27. The minimum atomic E-state index is -3.69. The number of hydrogen-bond donors (Lipinski definition) is 1. The van der Waals surface area contributed by atoms with E-state index in [4.69, 9.17) is 4.98 Å². The Hall–Kier alpha value is -3.12. The fourth-order valence-corrected chi connectivity index (χ4v) is 10.1. The van der Waals surface area contributed by atoms with Gasteiger partial charge < -0.3 is 5.32 Å². The predicted octanol–water partition coefficient (Wildman–Crippen LogP) is 8.56. The van der Waals surface area contributed by atoms with Crippen molar-refractivity contribution in [3.63, 3.8) is 0 Å². The number of thiazole rings is 1. The first-order valence-corrected chi connectivity index (χ1v) is 18.8. The molecule has 0 radical (unpaired) electrons. The van der Waals surface area contributed by atoms with Crippen LogP contribution in [0.5, 0.6) is 0 Å². The summed E-state index contributed by atoms with van der Waals surface area (Å²) in [5.74, 6) is 0.128. The number of aromatic nitrogens is 1. The third kappa shape index (κ3) is 7.96. The number of carbonyl (C=O) groups excluding carboxylic acids is 1. The molecule has 1 amide bonds. The van der Waals surface area contributed by atoms with Crippen molar-refractivity contribution in [2.24, 2.45) is 11.8 Å².